The van der Waals surface area contributed by atoms with Gasteiger partial charge in [-0.3, -0.25) is 10.1 Å². The van der Waals surface area contributed by atoms with Crippen LogP contribution in [0.2, 0.25) is 5.02 Å². The Balaban J connectivity index is 1.88. The monoisotopic (exact) mass is 529 g/mol. The van der Waals surface area contributed by atoms with Crippen molar-refractivity contribution in [1.82, 2.24) is 19.8 Å². The van der Waals surface area contributed by atoms with E-state index in [4.69, 9.17) is 17.3 Å². The second kappa shape index (κ2) is 12.2. The standard InChI is InChI=1S/C23H24ClN7O4S/c24-16-8-10-18(11-9-16)36(34,35)30-23(33)28-22-19(15-26)20(14-21(32)27-13-5-4-12-25)29-31(22)17-6-2-1-3-7-17/h1-3,6-11H,4-5,12-14,25H2,(H,27,32)(H2,28,30,33). The summed E-state index contributed by atoms with van der Waals surface area (Å²) in [5, 5.41) is 19.6. The predicted octanol–water partition coefficient (Wildman–Crippen LogP) is 2.31. The van der Waals surface area contributed by atoms with Crippen LogP contribution in [0.1, 0.15) is 24.1 Å². The van der Waals surface area contributed by atoms with E-state index in [0.717, 1.165) is 6.42 Å². The van der Waals surface area contributed by atoms with Crippen molar-refractivity contribution in [3.8, 4) is 11.8 Å². The number of nitrogens with zero attached hydrogens (tertiary/aromatic N) is 3. The van der Waals surface area contributed by atoms with Crippen molar-refractivity contribution in [2.45, 2.75) is 24.2 Å². The van der Waals surface area contributed by atoms with Crippen LogP contribution in [0.25, 0.3) is 5.69 Å². The molecule has 36 heavy (non-hydrogen) atoms. The van der Waals surface area contributed by atoms with Crippen LogP contribution < -0.4 is 21.1 Å². The fourth-order valence-electron chi connectivity index (χ4n) is 3.22. The van der Waals surface area contributed by atoms with Crippen molar-refractivity contribution < 1.29 is 18.0 Å². The molecule has 1 heterocycles. The minimum Gasteiger partial charge on any atom is -0.356 e. The topological polar surface area (TPSA) is 172 Å². The number of benzene rings is 2. The van der Waals surface area contributed by atoms with Crippen LogP contribution in [0.3, 0.4) is 0 Å². The summed E-state index contributed by atoms with van der Waals surface area (Å²) in [4.78, 5) is 24.9. The maximum absolute atomic E-state index is 12.7. The van der Waals surface area contributed by atoms with E-state index in [1.807, 2.05) is 10.8 Å². The number of urea groups is 1. The highest BCUT2D eigenvalue weighted by Crippen LogP contribution is 2.24. The molecule has 0 aliphatic rings. The minimum atomic E-state index is -4.23. The van der Waals surface area contributed by atoms with Crippen LogP contribution in [0.4, 0.5) is 10.6 Å². The summed E-state index contributed by atoms with van der Waals surface area (Å²) in [6.45, 7) is 0.939. The van der Waals surface area contributed by atoms with Crippen LogP contribution >= 0.6 is 11.6 Å². The van der Waals surface area contributed by atoms with E-state index >= 15 is 0 Å². The van der Waals surface area contributed by atoms with Crippen molar-refractivity contribution >= 4 is 39.4 Å². The fourth-order valence-corrected chi connectivity index (χ4v) is 4.25. The van der Waals surface area contributed by atoms with E-state index in [-0.39, 0.29) is 34.3 Å². The summed E-state index contributed by atoms with van der Waals surface area (Å²) >= 11 is 5.80. The molecule has 0 spiro atoms. The van der Waals surface area contributed by atoms with Gasteiger partial charge in [0.2, 0.25) is 5.91 Å². The van der Waals surface area contributed by atoms with Crippen LogP contribution in [0, 0.1) is 11.3 Å². The van der Waals surface area contributed by atoms with Gasteiger partial charge in [-0.15, -0.1) is 0 Å². The lowest BCUT2D eigenvalue weighted by Gasteiger charge is -2.11. The number of hydrogen-bond donors (Lipinski definition) is 4. The molecule has 0 saturated carbocycles. The number of sulfonamides is 1. The first-order valence-electron chi connectivity index (χ1n) is 10.9. The Kier molecular flexibility index (Phi) is 9.02. The molecule has 11 nitrogen and oxygen atoms in total. The average molecular weight is 530 g/mol. The molecule has 0 unspecified atom stereocenters. The quantitative estimate of drug-likeness (QED) is 0.291. The van der Waals surface area contributed by atoms with Crippen molar-refractivity contribution in [2.75, 3.05) is 18.4 Å². The Morgan fingerprint density at radius 2 is 1.78 bits per heavy atom. The van der Waals surface area contributed by atoms with Crippen molar-refractivity contribution in [2.24, 2.45) is 5.73 Å². The van der Waals surface area contributed by atoms with Gasteiger partial charge in [-0.1, -0.05) is 29.8 Å². The Hall–Kier alpha value is -3.92. The van der Waals surface area contributed by atoms with Gasteiger partial charge < -0.3 is 11.1 Å². The van der Waals surface area contributed by atoms with Gasteiger partial charge in [0.05, 0.1) is 22.7 Å². The molecule has 2 aromatic carbocycles. The molecule has 0 aliphatic carbocycles. The van der Waals surface area contributed by atoms with Gasteiger partial charge >= 0.3 is 6.03 Å². The second-order valence-electron chi connectivity index (χ2n) is 7.57. The molecule has 13 heteroatoms. The molecule has 0 fully saturated rings. The summed E-state index contributed by atoms with van der Waals surface area (Å²) in [5.41, 5.74) is 5.99. The Morgan fingerprint density at radius 3 is 2.42 bits per heavy atom. The van der Waals surface area contributed by atoms with Gasteiger partial charge in [-0.2, -0.15) is 10.4 Å². The van der Waals surface area contributed by atoms with Crippen molar-refractivity contribution in [3.63, 3.8) is 0 Å². The molecule has 0 saturated heterocycles. The number of para-hydroxylation sites is 1. The number of carbonyl (C=O) groups excluding carboxylic acids is 2. The van der Waals surface area contributed by atoms with E-state index in [9.17, 15) is 23.3 Å². The number of nitriles is 1. The maximum Gasteiger partial charge on any atom is 0.334 e. The molecule has 1 aromatic heterocycles. The lowest BCUT2D eigenvalue weighted by Crippen LogP contribution is -2.35. The zero-order chi connectivity index (χ0) is 26.1. The van der Waals surface area contributed by atoms with E-state index in [1.165, 1.54) is 28.9 Å². The zero-order valence-corrected chi connectivity index (χ0v) is 20.6. The Morgan fingerprint density at radius 1 is 1.08 bits per heavy atom. The smallest absolute Gasteiger partial charge is 0.334 e. The second-order valence-corrected chi connectivity index (χ2v) is 9.68. The highest BCUT2D eigenvalue weighted by molar-refractivity contribution is 7.90. The molecule has 3 rings (SSSR count). The predicted molar refractivity (Wildman–Crippen MR) is 134 cm³/mol. The Labute approximate surface area is 213 Å². The summed E-state index contributed by atoms with van der Waals surface area (Å²) in [6.07, 6.45) is 1.25. The van der Waals surface area contributed by atoms with Crippen LogP contribution in [0.5, 0.6) is 0 Å². The number of nitrogens with one attached hydrogen (secondary N) is 3. The number of halogens is 1. The molecule has 0 aliphatic heterocycles. The van der Waals surface area contributed by atoms with Gasteiger partial charge in [-0.25, -0.2) is 22.6 Å². The normalized spacial score (nSPS) is 10.9. The van der Waals surface area contributed by atoms with E-state index in [0.29, 0.717) is 30.2 Å². The summed E-state index contributed by atoms with van der Waals surface area (Å²) < 4.78 is 28.3. The number of rotatable bonds is 10. The largest absolute Gasteiger partial charge is 0.356 e. The van der Waals surface area contributed by atoms with E-state index < -0.39 is 16.1 Å². The van der Waals surface area contributed by atoms with Gasteiger partial charge in [0, 0.05) is 11.6 Å². The molecule has 0 radical (unpaired) electrons. The number of amides is 3. The number of anilines is 1. The number of hydrogen-bond acceptors (Lipinski definition) is 7. The molecule has 3 amide bonds. The van der Waals surface area contributed by atoms with Crippen LogP contribution in [-0.4, -0.2) is 43.2 Å². The van der Waals surface area contributed by atoms with Gasteiger partial charge in [0.25, 0.3) is 10.0 Å². The first-order chi connectivity index (χ1) is 17.2. The molecule has 188 valence electrons. The zero-order valence-electron chi connectivity index (χ0n) is 19.1. The average Bonchev–Trinajstić information content (AvgIpc) is 3.18. The number of unbranched alkanes of at least 4 members (excludes halogenated alkanes) is 1. The highest BCUT2D eigenvalue weighted by atomic mass is 35.5. The van der Waals surface area contributed by atoms with E-state index in [1.54, 1.807) is 30.3 Å². The summed E-state index contributed by atoms with van der Waals surface area (Å²) in [5.74, 6) is -0.444. The Bertz CT molecular complexity index is 1370. The van der Waals surface area contributed by atoms with E-state index in [2.05, 4.69) is 15.7 Å². The highest BCUT2D eigenvalue weighted by Gasteiger charge is 2.24. The lowest BCUT2D eigenvalue weighted by molar-refractivity contribution is -0.120. The lowest BCUT2D eigenvalue weighted by atomic mass is 10.2. The van der Waals surface area contributed by atoms with Crippen LogP contribution in [0.15, 0.2) is 59.5 Å². The van der Waals surface area contributed by atoms with Gasteiger partial charge in [0.1, 0.15) is 11.6 Å². The SMILES string of the molecule is N#Cc1c(CC(=O)NCCCCN)nn(-c2ccccc2)c1NC(=O)NS(=O)(=O)c1ccc(Cl)cc1. The molecular formula is C23H24ClN7O4S. The van der Waals surface area contributed by atoms with Crippen LogP contribution in [-0.2, 0) is 21.2 Å². The summed E-state index contributed by atoms with van der Waals surface area (Å²) in [7, 11) is -4.23. The number of aromatic nitrogens is 2. The van der Waals surface area contributed by atoms with Gasteiger partial charge in [-0.05, 0) is 55.8 Å². The van der Waals surface area contributed by atoms with Gasteiger partial charge in [0.15, 0.2) is 5.82 Å². The molecule has 3 aromatic rings. The number of carbonyl (C=O) groups is 2. The number of nitrogens with two attached hydrogens (primary N) is 1. The first kappa shape index (κ1) is 26.7. The molecule has 0 bridgehead atoms. The molecule has 5 N–H and O–H groups in total. The maximum atomic E-state index is 12.7. The first-order valence-corrected chi connectivity index (χ1v) is 12.7. The van der Waals surface area contributed by atoms with Crippen molar-refractivity contribution in [3.05, 3.63) is 70.9 Å². The fraction of sp³-hybridized carbons (Fsp3) is 0.217. The third kappa shape index (κ3) is 6.82. The third-order valence-electron chi connectivity index (χ3n) is 4.93. The van der Waals surface area contributed by atoms with Crippen molar-refractivity contribution in [1.29, 1.82) is 5.26 Å². The third-order valence-corrected chi connectivity index (χ3v) is 6.53. The summed E-state index contributed by atoms with van der Waals surface area (Å²) in [6, 6.07) is 14.7. The molecule has 0 atom stereocenters. The molecular weight excluding hydrogens is 506 g/mol. The minimum absolute atomic E-state index is 0.0741.